The molecule has 1 aliphatic heterocycles. The zero-order valence-electron chi connectivity index (χ0n) is 9.32. The van der Waals surface area contributed by atoms with Crippen LogP contribution in [0.2, 0.25) is 0 Å². The molecule has 1 saturated heterocycles. The third-order valence-electron chi connectivity index (χ3n) is 2.54. The van der Waals surface area contributed by atoms with Crippen molar-refractivity contribution in [2.24, 2.45) is 0 Å². The van der Waals surface area contributed by atoms with E-state index in [1.165, 1.54) is 5.06 Å². The quantitative estimate of drug-likeness (QED) is 0.678. The molecule has 0 radical (unpaired) electrons. The van der Waals surface area contributed by atoms with Crippen molar-refractivity contribution in [3.05, 3.63) is 0 Å². The number of amides is 1. The zero-order valence-corrected chi connectivity index (χ0v) is 9.32. The summed E-state index contributed by atoms with van der Waals surface area (Å²) in [5.74, 6) is 0.0946. The molecule has 0 aliphatic carbocycles. The maximum absolute atomic E-state index is 11.9. The van der Waals surface area contributed by atoms with E-state index in [4.69, 9.17) is 4.84 Å². The summed E-state index contributed by atoms with van der Waals surface area (Å²) in [5.41, 5.74) is 0. The molecule has 0 unspecified atom stereocenters. The van der Waals surface area contributed by atoms with E-state index in [-0.39, 0.29) is 11.9 Å². The van der Waals surface area contributed by atoms with Crippen LogP contribution in [0.4, 0.5) is 0 Å². The molecule has 0 aromatic carbocycles. The second kappa shape index (κ2) is 5.32. The smallest absolute Gasteiger partial charge is 0.263 e. The van der Waals surface area contributed by atoms with E-state index in [0.717, 1.165) is 25.8 Å². The van der Waals surface area contributed by atoms with Crippen molar-refractivity contribution in [2.75, 3.05) is 27.2 Å². The lowest BCUT2D eigenvalue weighted by atomic mass is 10.2. The van der Waals surface area contributed by atoms with Crippen LogP contribution < -0.4 is 0 Å². The molecule has 0 aromatic rings. The van der Waals surface area contributed by atoms with Crippen LogP contribution in [0.25, 0.3) is 0 Å². The molecular formula is C10H20N2O2. The number of carbonyl (C=O) groups excluding carboxylic acids is 1. The zero-order chi connectivity index (χ0) is 10.6. The van der Waals surface area contributed by atoms with Gasteiger partial charge in [0.2, 0.25) is 0 Å². The summed E-state index contributed by atoms with van der Waals surface area (Å²) in [6.07, 6.45) is 2.93. The highest BCUT2D eigenvalue weighted by Crippen LogP contribution is 2.11. The van der Waals surface area contributed by atoms with Gasteiger partial charge in [0.1, 0.15) is 0 Å². The first-order chi connectivity index (χ1) is 6.66. The largest absolute Gasteiger partial charge is 0.298 e. The highest BCUT2D eigenvalue weighted by Gasteiger charge is 2.26. The minimum atomic E-state index is -0.0481. The number of hydroxylamine groups is 2. The molecule has 0 spiro atoms. The van der Waals surface area contributed by atoms with Crippen molar-refractivity contribution in [3.63, 3.8) is 0 Å². The molecule has 1 rings (SSSR count). The Morgan fingerprint density at radius 2 is 2.21 bits per heavy atom. The summed E-state index contributed by atoms with van der Waals surface area (Å²) < 4.78 is 0. The SMILES string of the molecule is CC[C@H](C(=O)N1CCCCO1)N(C)C. The Labute approximate surface area is 85.8 Å². The predicted molar refractivity (Wildman–Crippen MR) is 54.7 cm³/mol. The fourth-order valence-corrected chi connectivity index (χ4v) is 1.70. The number of likely N-dealkylation sites (N-methyl/N-ethyl adjacent to an activating group) is 1. The molecule has 1 aliphatic rings. The molecule has 1 atom stereocenters. The summed E-state index contributed by atoms with van der Waals surface area (Å²) in [6.45, 7) is 3.44. The van der Waals surface area contributed by atoms with Crippen molar-refractivity contribution in [1.29, 1.82) is 0 Å². The maximum Gasteiger partial charge on any atom is 0.263 e. The number of nitrogens with zero attached hydrogens (tertiary/aromatic N) is 2. The second-order valence-corrected chi connectivity index (χ2v) is 3.87. The van der Waals surface area contributed by atoms with E-state index in [0.29, 0.717) is 6.61 Å². The maximum atomic E-state index is 11.9. The van der Waals surface area contributed by atoms with Gasteiger partial charge in [-0.25, -0.2) is 5.06 Å². The lowest BCUT2D eigenvalue weighted by Crippen LogP contribution is -2.47. The summed E-state index contributed by atoms with van der Waals surface area (Å²) in [5, 5.41) is 1.53. The van der Waals surface area contributed by atoms with Gasteiger partial charge in [0.15, 0.2) is 0 Å². The molecule has 0 saturated carbocycles. The normalized spacial score (nSPS) is 19.9. The number of rotatable bonds is 3. The molecule has 4 heteroatoms. The van der Waals surface area contributed by atoms with Crippen LogP contribution in [0.1, 0.15) is 26.2 Å². The Morgan fingerprint density at radius 3 is 2.64 bits per heavy atom. The lowest BCUT2D eigenvalue weighted by molar-refractivity contribution is -0.201. The van der Waals surface area contributed by atoms with Crippen LogP contribution in [0, 0.1) is 0 Å². The van der Waals surface area contributed by atoms with Gasteiger partial charge < -0.3 is 0 Å². The molecule has 1 amide bonds. The first kappa shape index (κ1) is 11.5. The fourth-order valence-electron chi connectivity index (χ4n) is 1.70. The number of hydrogen-bond acceptors (Lipinski definition) is 3. The van der Waals surface area contributed by atoms with Gasteiger partial charge in [0, 0.05) is 6.54 Å². The monoisotopic (exact) mass is 200 g/mol. The summed E-state index contributed by atoms with van der Waals surface area (Å²) in [4.78, 5) is 19.2. The Kier molecular flexibility index (Phi) is 4.35. The molecule has 4 nitrogen and oxygen atoms in total. The van der Waals surface area contributed by atoms with Gasteiger partial charge in [0.05, 0.1) is 12.6 Å². The summed E-state index contributed by atoms with van der Waals surface area (Å²) in [6, 6.07) is -0.0481. The Balaban J connectivity index is 2.52. The minimum absolute atomic E-state index is 0.0481. The standard InChI is InChI=1S/C10H20N2O2/c1-4-9(11(2)3)10(13)12-7-5-6-8-14-12/h9H,4-8H2,1-3H3/t9-/m1/s1. The van der Waals surface area contributed by atoms with Crippen molar-refractivity contribution in [1.82, 2.24) is 9.96 Å². The van der Waals surface area contributed by atoms with Crippen LogP contribution in [0.5, 0.6) is 0 Å². The van der Waals surface area contributed by atoms with E-state index in [1.54, 1.807) is 0 Å². The summed E-state index contributed by atoms with van der Waals surface area (Å²) in [7, 11) is 3.85. The van der Waals surface area contributed by atoms with Crippen LogP contribution in [0.3, 0.4) is 0 Å². The fraction of sp³-hybridized carbons (Fsp3) is 0.900. The topological polar surface area (TPSA) is 32.8 Å². The predicted octanol–water partition coefficient (Wildman–Crippen LogP) is 0.881. The van der Waals surface area contributed by atoms with Crippen molar-refractivity contribution < 1.29 is 9.63 Å². The van der Waals surface area contributed by atoms with Crippen molar-refractivity contribution >= 4 is 5.91 Å². The first-order valence-electron chi connectivity index (χ1n) is 5.27. The second-order valence-electron chi connectivity index (χ2n) is 3.87. The van der Waals surface area contributed by atoms with Crippen LogP contribution in [-0.2, 0) is 9.63 Å². The van der Waals surface area contributed by atoms with Gasteiger partial charge in [-0.3, -0.25) is 14.5 Å². The highest BCUT2D eigenvalue weighted by atomic mass is 16.7. The van der Waals surface area contributed by atoms with Crippen LogP contribution in [0.15, 0.2) is 0 Å². The summed E-state index contributed by atoms with van der Waals surface area (Å²) >= 11 is 0. The van der Waals surface area contributed by atoms with Crippen LogP contribution in [-0.4, -0.2) is 49.2 Å². The molecule has 0 N–H and O–H groups in total. The lowest BCUT2D eigenvalue weighted by Gasteiger charge is -2.31. The van der Waals surface area contributed by atoms with Gasteiger partial charge >= 0.3 is 0 Å². The van der Waals surface area contributed by atoms with Gasteiger partial charge in [0.25, 0.3) is 5.91 Å². The van der Waals surface area contributed by atoms with Crippen LogP contribution >= 0.6 is 0 Å². The first-order valence-corrected chi connectivity index (χ1v) is 5.27. The van der Waals surface area contributed by atoms with Crippen molar-refractivity contribution in [2.45, 2.75) is 32.2 Å². The Bertz CT molecular complexity index is 189. The van der Waals surface area contributed by atoms with E-state index in [1.807, 2.05) is 25.9 Å². The molecule has 14 heavy (non-hydrogen) atoms. The van der Waals surface area contributed by atoms with Gasteiger partial charge in [-0.05, 0) is 33.4 Å². The average Bonchev–Trinajstić information content (AvgIpc) is 2.19. The van der Waals surface area contributed by atoms with E-state index < -0.39 is 0 Å². The van der Waals surface area contributed by atoms with Gasteiger partial charge in [-0.1, -0.05) is 6.92 Å². The molecular weight excluding hydrogens is 180 g/mol. The molecule has 0 aromatic heterocycles. The van der Waals surface area contributed by atoms with Gasteiger partial charge in [-0.15, -0.1) is 0 Å². The molecule has 82 valence electrons. The third kappa shape index (κ3) is 2.69. The average molecular weight is 200 g/mol. The number of carbonyl (C=O) groups is 1. The molecule has 0 bridgehead atoms. The minimum Gasteiger partial charge on any atom is -0.298 e. The van der Waals surface area contributed by atoms with E-state index >= 15 is 0 Å². The molecule has 1 fully saturated rings. The van der Waals surface area contributed by atoms with E-state index in [2.05, 4.69) is 0 Å². The van der Waals surface area contributed by atoms with E-state index in [9.17, 15) is 4.79 Å². The Morgan fingerprint density at radius 1 is 1.50 bits per heavy atom. The van der Waals surface area contributed by atoms with Gasteiger partial charge in [-0.2, -0.15) is 0 Å². The number of hydrogen-bond donors (Lipinski definition) is 0. The highest BCUT2D eigenvalue weighted by molar-refractivity contribution is 5.80. The Hall–Kier alpha value is -0.610. The molecule has 1 heterocycles. The van der Waals surface area contributed by atoms with Crippen molar-refractivity contribution in [3.8, 4) is 0 Å². The third-order valence-corrected chi connectivity index (χ3v) is 2.54.